The Hall–Kier alpha value is -1.79. The van der Waals surface area contributed by atoms with Crippen LogP contribution in [0.25, 0.3) is 0 Å². The van der Waals surface area contributed by atoms with Crippen molar-refractivity contribution in [2.45, 2.75) is 6.92 Å². The highest BCUT2D eigenvalue weighted by Gasteiger charge is 2.19. The molecule has 18 heavy (non-hydrogen) atoms. The van der Waals surface area contributed by atoms with Crippen molar-refractivity contribution in [2.75, 3.05) is 27.2 Å². The van der Waals surface area contributed by atoms with E-state index < -0.39 is 5.91 Å². The number of aromatic nitrogens is 1. The van der Waals surface area contributed by atoms with Gasteiger partial charge in [-0.15, -0.1) is 0 Å². The van der Waals surface area contributed by atoms with Gasteiger partial charge in [-0.2, -0.15) is 0 Å². The lowest BCUT2D eigenvalue weighted by atomic mass is 10.1. The summed E-state index contributed by atoms with van der Waals surface area (Å²) in [6, 6.07) is 3.19. The average molecular weight is 250 g/mol. The van der Waals surface area contributed by atoms with Crippen LogP contribution in [0.1, 0.15) is 27.8 Å². The van der Waals surface area contributed by atoms with Crippen LogP contribution in [0.5, 0.6) is 0 Å². The summed E-state index contributed by atoms with van der Waals surface area (Å²) in [6.07, 6.45) is 1.47. The molecular weight excluding hydrogens is 232 g/mol. The van der Waals surface area contributed by atoms with Gasteiger partial charge < -0.3 is 4.90 Å². The van der Waals surface area contributed by atoms with Gasteiger partial charge >= 0.3 is 0 Å². The van der Waals surface area contributed by atoms with Crippen LogP contribution in [0.2, 0.25) is 0 Å². The molecule has 1 aromatic rings. The van der Waals surface area contributed by atoms with Gasteiger partial charge in [0.25, 0.3) is 5.91 Å². The van der Waals surface area contributed by atoms with Gasteiger partial charge in [0.1, 0.15) is 5.69 Å². The van der Waals surface area contributed by atoms with E-state index in [2.05, 4.69) is 4.98 Å². The Morgan fingerprint density at radius 3 is 2.56 bits per heavy atom. The molecule has 6 nitrogen and oxygen atoms in total. The lowest BCUT2D eigenvalue weighted by Gasteiger charge is -2.19. The van der Waals surface area contributed by atoms with Gasteiger partial charge in [-0.05, 0) is 33.2 Å². The van der Waals surface area contributed by atoms with Crippen LogP contribution in [0.3, 0.4) is 0 Å². The number of carbonyl (C=O) groups is 2. The Bertz CT molecular complexity index is 445. The highest BCUT2D eigenvalue weighted by atomic mass is 16.2. The number of nitrogens with two attached hydrogens (primary N) is 1. The van der Waals surface area contributed by atoms with E-state index in [9.17, 15) is 9.59 Å². The third-order valence-electron chi connectivity index (χ3n) is 2.44. The third kappa shape index (κ3) is 3.61. The molecule has 2 N–H and O–H groups in total. The minimum Gasteiger partial charge on any atom is -0.308 e. The van der Waals surface area contributed by atoms with Gasteiger partial charge in [-0.25, -0.2) is 5.84 Å². The predicted octanol–water partition coefficient (Wildman–Crippen LogP) is 0.162. The molecule has 0 bridgehead atoms. The molecule has 0 saturated heterocycles. The molecular formula is C12H18N4O2. The first kappa shape index (κ1) is 14.3. The number of pyridine rings is 1. The van der Waals surface area contributed by atoms with Crippen LogP contribution in [0, 0.1) is 0 Å². The fourth-order valence-corrected chi connectivity index (χ4v) is 1.41. The van der Waals surface area contributed by atoms with E-state index in [0.717, 1.165) is 5.01 Å². The Morgan fingerprint density at radius 2 is 2.00 bits per heavy atom. The molecule has 0 spiro atoms. The van der Waals surface area contributed by atoms with Gasteiger partial charge in [-0.3, -0.25) is 19.6 Å². The summed E-state index contributed by atoms with van der Waals surface area (Å²) in [7, 11) is 3.78. The van der Waals surface area contributed by atoms with E-state index in [0.29, 0.717) is 18.7 Å². The van der Waals surface area contributed by atoms with Crippen molar-refractivity contribution >= 4 is 11.7 Å². The molecule has 1 rings (SSSR count). The van der Waals surface area contributed by atoms with Crippen molar-refractivity contribution in [1.82, 2.24) is 14.9 Å². The minimum absolute atomic E-state index is 0.103. The molecule has 1 aromatic heterocycles. The van der Waals surface area contributed by atoms with E-state index >= 15 is 0 Å². The van der Waals surface area contributed by atoms with Crippen molar-refractivity contribution in [2.24, 2.45) is 5.84 Å². The van der Waals surface area contributed by atoms with E-state index in [4.69, 9.17) is 5.84 Å². The number of nitrogens with zero attached hydrogens (tertiary/aromatic N) is 3. The van der Waals surface area contributed by atoms with Crippen molar-refractivity contribution in [1.29, 1.82) is 0 Å². The van der Waals surface area contributed by atoms with Crippen molar-refractivity contribution in [3.05, 3.63) is 29.6 Å². The molecule has 98 valence electrons. The van der Waals surface area contributed by atoms with Crippen LogP contribution in [0.15, 0.2) is 18.3 Å². The average Bonchev–Trinajstić information content (AvgIpc) is 2.34. The summed E-state index contributed by atoms with van der Waals surface area (Å²) in [5.41, 5.74) is 0.397. The fourth-order valence-electron chi connectivity index (χ4n) is 1.41. The summed E-state index contributed by atoms with van der Waals surface area (Å²) in [5.74, 6) is 5.03. The topological polar surface area (TPSA) is 79.5 Å². The second-order valence-corrected chi connectivity index (χ2v) is 4.26. The Morgan fingerprint density at radius 1 is 1.33 bits per heavy atom. The number of likely N-dealkylation sites (N-methyl/N-ethyl adjacent to an activating group) is 1. The number of ketones is 1. The van der Waals surface area contributed by atoms with Gasteiger partial charge in [0.15, 0.2) is 5.78 Å². The summed E-state index contributed by atoms with van der Waals surface area (Å²) < 4.78 is 0. The smallest absolute Gasteiger partial charge is 0.287 e. The molecule has 0 saturated carbocycles. The quantitative estimate of drug-likeness (QED) is 0.348. The second-order valence-electron chi connectivity index (χ2n) is 4.26. The molecule has 0 aliphatic carbocycles. The van der Waals surface area contributed by atoms with Crippen molar-refractivity contribution in [3.8, 4) is 0 Å². The molecule has 0 fully saturated rings. The molecule has 0 radical (unpaired) electrons. The SMILES string of the molecule is CC(=O)c1cccnc1C(=O)N(N)CCN(C)C. The van der Waals surface area contributed by atoms with E-state index in [1.807, 2.05) is 19.0 Å². The minimum atomic E-state index is -0.442. The predicted molar refractivity (Wildman–Crippen MR) is 68.0 cm³/mol. The molecule has 0 unspecified atom stereocenters. The van der Waals surface area contributed by atoms with Crippen LogP contribution >= 0.6 is 0 Å². The lowest BCUT2D eigenvalue weighted by Crippen LogP contribution is -2.42. The number of carbonyl (C=O) groups excluding carboxylic acids is 2. The second kappa shape index (κ2) is 6.23. The van der Waals surface area contributed by atoms with E-state index in [-0.39, 0.29) is 11.5 Å². The largest absolute Gasteiger partial charge is 0.308 e. The first-order valence-electron chi connectivity index (χ1n) is 5.60. The highest BCUT2D eigenvalue weighted by Crippen LogP contribution is 2.08. The maximum absolute atomic E-state index is 12.1. The first-order chi connectivity index (χ1) is 8.43. The summed E-state index contributed by atoms with van der Waals surface area (Å²) >= 11 is 0. The molecule has 0 atom stereocenters. The van der Waals surface area contributed by atoms with Crippen LogP contribution in [-0.2, 0) is 0 Å². The van der Waals surface area contributed by atoms with Crippen molar-refractivity contribution < 1.29 is 9.59 Å². The summed E-state index contributed by atoms with van der Waals surface area (Å²) in [6.45, 7) is 2.42. The number of hydrogen-bond donors (Lipinski definition) is 1. The maximum Gasteiger partial charge on any atom is 0.287 e. The lowest BCUT2D eigenvalue weighted by molar-refractivity contribution is 0.0734. The van der Waals surface area contributed by atoms with Gasteiger partial charge in [0, 0.05) is 18.3 Å². The van der Waals surface area contributed by atoms with E-state index in [1.54, 1.807) is 12.1 Å². The van der Waals surface area contributed by atoms with E-state index in [1.165, 1.54) is 13.1 Å². The Labute approximate surface area is 106 Å². The molecule has 1 heterocycles. The van der Waals surface area contributed by atoms with Crippen LogP contribution in [0.4, 0.5) is 0 Å². The van der Waals surface area contributed by atoms with Crippen molar-refractivity contribution in [3.63, 3.8) is 0 Å². The maximum atomic E-state index is 12.1. The molecule has 6 heteroatoms. The normalized spacial score (nSPS) is 10.5. The zero-order valence-electron chi connectivity index (χ0n) is 10.9. The zero-order valence-corrected chi connectivity index (χ0v) is 10.9. The van der Waals surface area contributed by atoms with Gasteiger partial charge in [-0.1, -0.05) is 0 Å². The van der Waals surface area contributed by atoms with Crippen LogP contribution < -0.4 is 5.84 Å². The number of amides is 1. The fraction of sp³-hybridized carbons (Fsp3) is 0.417. The first-order valence-corrected chi connectivity index (χ1v) is 5.60. The monoisotopic (exact) mass is 250 g/mol. The van der Waals surface area contributed by atoms with Gasteiger partial charge in [0.05, 0.1) is 6.54 Å². The molecule has 0 aliphatic rings. The molecule has 0 aromatic carbocycles. The number of Topliss-reactive ketones (excluding diaryl/α,β-unsaturated/α-hetero) is 1. The molecule has 0 aliphatic heterocycles. The Balaban J connectivity index is 2.86. The number of hydrazine groups is 1. The van der Waals surface area contributed by atoms with Gasteiger partial charge in [0.2, 0.25) is 0 Å². The summed E-state index contributed by atoms with van der Waals surface area (Å²) in [5, 5.41) is 1.08. The number of hydrogen-bond acceptors (Lipinski definition) is 5. The number of rotatable bonds is 5. The standard InChI is InChI=1S/C12H18N4O2/c1-9(17)10-5-4-6-14-11(10)12(18)16(13)8-7-15(2)3/h4-6H,7-8,13H2,1-3H3. The molecule has 1 amide bonds. The Kier molecular flexibility index (Phi) is 4.94. The highest BCUT2D eigenvalue weighted by molar-refractivity contribution is 6.05. The third-order valence-corrected chi connectivity index (χ3v) is 2.44. The zero-order chi connectivity index (χ0) is 13.7. The van der Waals surface area contributed by atoms with Crippen LogP contribution in [-0.4, -0.2) is 53.8 Å². The summed E-state index contributed by atoms with van der Waals surface area (Å²) in [4.78, 5) is 29.3.